The molecule has 0 aliphatic rings. The van der Waals surface area contributed by atoms with Gasteiger partial charge in [-0.15, -0.1) is 0 Å². The van der Waals surface area contributed by atoms with Crippen LogP contribution in [0.2, 0.25) is 0 Å². The average molecular weight is 166 g/mol. The van der Waals surface area contributed by atoms with Crippen molar-refractivity contribution in [2.24, 2.45) is 11.6 Å². The van der Waals surface area contributed by atoms with Gasteiger partial charge in [0.25, 0.3) is 0 Å². The van der Waals surface area contributed by atoms with Gasteiger partial charge in [0.2, 0.25) is 0 Å². The number of hydrogen-bond acceptors (Lipinski definition) is 3. The minimum atomic E-state index is -0.568. The van der Waals surface area contributed by atoms with Crippen LogP contribution in [-0.4, -0.2) is 6.54 Å². The molecule has 0 amide bonds. The topological polar surface area (TPSA) is 61.3 Å². The van der Waals surface area contributed by atoms with E-state index < -0.39 is 5.60 Å². The summed E-state index contributed by atoms with van der Waals surface area (Å²) in [5, 5.41) is 0. The molecule has 0 spiro atoms. The molecule has 0 saturated carbocycles. The Labute approximate surface area is 72.3 Å². The minimum absolute atomic E-state index is 0.369. The summed E-state index contributed by atoms with van der Waals surface area (Å²) in [6.45, 7) is 2.23. The van der Waals surface area contributed by atoms with E-state index in [1.165, 1.54) is 0 Å². The lowest BCUT2D eigenvalue weighted by molar-refractivity contribution is -0.0313. The van der Waals surface area contributed by atoms with E-state index in [0.29, 0.717) is 6.54 Å². The summed E-state index contributed by atoms with van der Waals surface area (Å²) in [5.74, 6) is 5.17. The first-order valence-electron chi connectivity index (χ1n) is 3.86. The van der Waals surface area contributed by atoms with E-state index in [-0.39, 0.29) is 0 Å². The Morgan fingerprint density at radius 2 is 1.92 bits per heavy atom. The highest BCUT2D eigenvalue weighted by Gasteiger charge is 2.24. The number of nitrogens with two attached hydrogens (primary N) is 2. The monoisotopic (exact) mass is 166 g/mol. The average Bonchev–Trinajstić information content (AvgIpc) is 2.18. The molecule has 0 saturated heterocycles. The van der Waals surface area contributed by atoms with Crippen molar-refractivity contribution >= 4 is 0 Å². The Bertz CT molecular complexity index is 232. The van der Waals surface area contributed by atoms with Crippen LogP contribution in [0.3, 0.4) is 0 Å². The van der Waals surface area contributed by atoms with Gasteiger partial charge in [0, 0.05) is 6.54 Å². The molecule has 66 valence electrons. The molecule has 1 atom stereocenters. The molecule has 0 aliphatic carbocycles. The summed E-state index contributed by atoms with van der Waals surface area (Å²) < 4.78 is 0. The molecule has 1 unspecified atom stereocenters. The number of rotatable bonds is 3. The van der Waals surface area contributed by atoms with Crippen molar-refractivity contribution in [1.29, 1.82) is 0 Å². The van der Waals surface area contributed by atoms with Crippen LogP contribution in [0.15, 0.2) is 30.3 Å². The van der Waals surface area contributed by atoms with Crippen molar-refractivity contribution in [3.8, 4) is 0 Å². The van der Waals surface area contributed by atoms with Gasteiger partial charge in [0.1, 0.15) is 5.60 Å². The van der Waals surface area contributed by atoms with E-state index in [4.69, 9.17) is 16.5 Å². The lowest BCUT2D eigenvalue weighted by atomic mass is 9.96. The molecule has 0 heterocycles. The van der Waals surface area contributed by atoms with Crippen LogP contribution in [0.4, 0.5) is 0 Å². The van der Waals surface area contributed by atoms with Crippen LogP contribution in [0.5, 0.6) is 0 Å². The molecule has 3 nitrogen and oxygen atoms in total. The highest BCUT2D eigenvalue weighted by molar-refractivity contribution is 5.21. The maximum Gasteiger partial charge on any atom is 0.124 e. The van der Waals surface area contributed by atoms with Gasteiger partial charge in [-0.1, -0.05) is 30.3 Å². The first kappa shape index (κ1) is 9.19. The summed E-state index contributed by atoms with van der Waals surface area (Å²) in [7, 11) is 0. The molecule has 1 rings (SSSR count). The fraction of sp³-hybridized carbons (Fsp3) is 0.333. The smallest absolute Gasteiger partial charge is 0.124 e. The summed E-state index contributed by atoms with van der Waals surface area (Å²) in [6.07, 6.45) is 0. The largest absolute Gasteiger partial charge is 0.327 e. The molecule has 12 heavy (non-hydrogen) atoms. The maximum absolute atomic E-state index is 5.54. The second-order valence-corrected chi connectivity index (χ2v) is 2.92. The molecule has 0 radical (unpaired) electrons. The van der Waals surface area contributed by atoms with Gasteiger partial charge in [-0.05, 0) is 12.5 Å². The minimum Gasteiger partial charge on any atom is -0.327 e. The van der Waals surface area contributed by atoms with E-state index in [9.17, 15) is 0 Å². The van der Waals surface area contributed by atoms with Gasteiger partial charge in [-0.2, -0.15) is 0 Å². The Hall–Kier alpha value is -0.900. The standard InChI is InChI=1S/C9H14N2O/c1-9(7-10,12-11)8-5-3-2-4-6-8/h2-6H,7,10-11H2,1H3. The maximum atomic E-state index is 5.54. The summed E-state index contributed by atoms with van der Waals surface area (Å²) >= 11 is 0. The summed E-state index contributed by atoms with van der Waals surface area (Å²) in [5.41, 5.74) is 5.97. The second kappa shape index (κ2) is 3.67. The van der Waals surface area contributed by atoms with Crippen LogP contribution >= 0.6 is 0 Å². The highest BCUT2D eigenvalue weighted by atomic mass is 16.6. The predicted molar refractivity (Wildman–Crippen MR) is 48.1 cm³/mol. The predicted octanol–water partition coefficient (Wildman–Crippen LogP) is 0.751. The van der Waals surface area contributed by atoms with Crippen molar-refractivity contribution in [1.82, 2.24) is 0 Å². The van der Waals surface area contributed by atoms with Gasteiger partial charge < -0.3 is 5.73 Å². The zero-order valence-corrected chi connectivity index (χ0v) is 7.16. The van der Waals surface area contributed by atoms with Gasteiger partial charge in [0.05, 0.1) is 0 Å². The Morgan fingerprint density at radius 3 is 2.33 bits per heavy atom. The van der Waals surface area contributed by atoms with E-state index in [1.54, 1.807) is 0 Å². The molecule has 4 N–H and O–H groups in total. The van der Waals surface area contributed by atoms with Crippen molar-refractivity contribution < 1.29 is 4.84 Å². The van der Waals surface area contributed by atoms with Gasteiger partial charge >= 0.3 is 0 Å². The van der Waals surface area contributed by atoms with Crippen molar-refractivity contribution in [3.05, 3.63) is 35.9 Å². The molecule has 0 aliphatic heterocycles. The third-order valence-electron chi connectivity index (χ3n) is 2.03. The fourth-order valence-corrected chi connectivity index (χ4v) is 1.02. The Morgan fingerprint density at radius 1 is 1.33 bits per heavy atom. The van der Waals surface area contributed by atoms with E-state index in [1.807, 2.05) is 37.3 Å². The molecule has 0 fully saturated rings. The number of benzene rings is 1. The van der Waals surface area contributed by atoms with E-state index in [2.05, 4.69) is 0 Å². The fourth-order valence-electron chi connectivity index (χ4n) is 1.02. The molecule has 1 aromatic carbocycles. The quantitative estimate of drug-likeness (QED) is 0.651. The van der Waals surface area contributed by atoms with Crippen molar-refractivity contribution in [2.75, 3.05) is 6.54 Å². The normalized spacial score (nSPS) is 15.6. The zero-order chi connectivity index (χ0) is 9.03. The first-order chi connectivity index (χ1) is 5.73. The van der Waals surface area contributed by atoms with Crippen LogP contribution < -0.4 is 11.6 Å². The van der Waals surface area contributed by atoms with Gasteiger partial charge in [-0.25, -0.2) is 5.90 Å². The third-order valence-corrected chi connectivity index (χ3v) is 2.03. The first-order valence-corrected chi connectivity index (χ1v) is 3.86. The molecule has 3 heteroatoms. The van der Waals surface area contributed by atoms with E-state index in [0.717, 1.165) is 5.56 Å². The zero-order valence-electron chi connectivity index (χ0n) is 7.16. The van der Waals surface area contributed by atoms with Gasteiger partial charge in [0.15, 0.2) is 0 Å². The third kappa shape index (κ3) is 1.64. The van der Waals surface area contributed by atoms with Gasteiger partial charge in [-0.3, -0.25) is 4.84 Å². The summed E-state index contributed by atoms with van der Waals surface area (Å²) in [4.78, 5) is 4.85. The highest BCUT2D eigenvalue weighted by Crippen LogP contribution is 2.21. The lowest BCUT2D eigenvalue weighted by Crippen LogP contribution is -2.37. The number of hydrogen-bond donors (Lipinski definition) is 2. The Kier molecular flexibility index (Phi) is 2.81. The Balaban J connectivity index is 2.95. The molecular weight excluding hydrogens is 152 g/mol. The molecule has 1 aromatic rings. The lowest BCUT2D eigenvalue weighted by Gasteiger charge is -2.25. The summed E-state index contributed by atoms with van der Waals surface area (Å²) in [6, 6.07) is 9.70. The van der Waals surface area contributed by atoms with Crippen LogP contribution in [0.1, 0.15) is 12.5 Å². The van der Waals surface area contributed by atoms with Crippen LogP contribution in [0.25, 0.3) is 0 Å². The van der Waals surface area contributed by atoms with Crippen LogP contribution in [-0.2, 0) is 10.4 Å². The van der Waals surface area contributed by atoms with E-state index >= 15 is 0 Å². The van der Waals surface area contributed by atoms with Crippen molar-refractivity contribution in [3.63, 3.8) is 0 Å². The van der Waals surface area contributed by atoms with Crippen molar-refractivity contribution in [2.45, 2.75) is 12.5 Å². The molecule has 0 aromatic heterocycles. The molecular formula is C9H14N2O. The van der Waals surface area contributed by atoms with Crippen LogP contribution in [0, 0.1) is 0 Å². The molecule has 0 bridgehead atoms. The second-order valence-electron chi connectivity index (χ2n) is 2.92. The SMILES string of the molecule is CC(CN)(ON)c1ccccc1.